The molecule has 0 heterocycles. The third kappa shape index (κ3) is 6.02. The lowest BCUT2D eigenvalue weighted by Crippen LogP contribution is -2.10. The summed E-state index contributed by atoms with van der Waals surface area (Å²) >= 11 is 4.86. The number of nitrogens with two attached hydrogens (primary N) is 1. The second-order valence-corrected chi connectivity index (χ2v) is 2.54. The minimum absolute atomic E-state index is 0.0833. The first-order valence-electron chi connectivity index (χ1n) is 3.70. The smallest absolute Gasteiger partial charge is 0.335 e. The van der Waals surface area contributed by atoms with Crippen molar-refractivity contribution in [1.82, 2.24) is 0 Å². The van der Waals surface area contributed by atoms with Gasteiger partial charge in [-0.1, -0.05) is 18.2 Å². The van der Waals surface area contributed by atoms with Crippen molar-refractivity contribution >= 4 is 23.5 Å². The molecule has 5 heteroatoms. The van der Waals surface area contributed by atoms with Crippen LogP contribution in [0.25, 0.3) is 0 Å². The van der Waals surface area contributed by atoms with Crippen molar-refractivity contribution < 1.29 is 14.7 Å². The summed E-state index contributed by atoms with van der Waals surface area (Å²) in [5.74, 6) is -1.44. The molecule has 0 bridgehead atoms. The molecule has 0 radical (unpaired) electrons. The first-order chi connectivity index (χ1) is 6.57. The van der Waals surface area contributed by atoms with Gasteiger partial charge in [0, 0.05) is 0 Å². The predicted octanol–water partition coefficient (Wildman–Crippen LogP) is 1.10. The van der Waals surface area contributed by atoms with E-state index in [0.29, 0.717) is 5.56 Å². The van der Waals surface area contributed by atoms with Gasteiger partial charge in [0.1, 0.15) is 5.88 Å². The molecule has 0 spiro atoms. The largest absolute Gasteiger partial charge is 0.478 e. The Labute approximate surface area is 86.3 Å². The van der Waals surface area contributed by atoms with E-state index in [0.717, 1.165) is 0 Å². The number of carbonyl (C=O) groups excluding carboxylic acids is 1. The zero-order valence-corrected chi connectivity index (χ0v) is 8.07. The molecule has 76 valence electrons. The van der Waals surface area contributed by atoms with Crippen LogP contribution in [0.2, 0.25) is 0 Å². The standard InChI is InChI=1S/C7H6O2.C2H4ClNO/c8-7(9)6-4-2-1-3-5-6;3-1-2(4)5/h1-5H,(H,8,9);1H2,(H2,4,5). The lowest BCUT2D eigenvalue weighted by Gasteiger charge is -1.88. The Morgan fingerprint density at radius 1 is 1.29 bits per heavy atom. The van der Waals surface area contributed by atoms with E-state index in [-0.39, 0.29) is 5.88 Å². The van der Waals surface area contributed by atoms with Gasteiger partial charge in [0.15, 0.2) is 0 Å². The molecule has 1 amide bonds. The number of amides is 1. The third-order valence-corrected chi connectivity index (χ3v) is 1.42. The number of carboxylic acids is 1. The minimum atomic E-state index is -0.879. The van der Waals surface area contributed by atoms with E-state index in [1.165, 1.54) is 0 Å². The van der Waals surface area contributed by atoms with Crippen LogP contribution in [0.4, 0.5) is 0 Å². The van der Waals surface area contributed by atoms with Crippen molar-refractivity contribution in [3.8, 4) is 0 Å². The predicted molar refractivity (Wildman–Crippen MR) is 53.3 cm³/mol. The van der Waals surface area contributed by atoms with Gasteiger partial charge in [-0.25, -0.2) is 4.79 Å². The highest BCUT2D eigenvalue weighted by molar-refractivity contribution is 6.27. The summed E-state index contributed by atoms with van der Waals surface area (Å²) in [6, 6.07) is 8.30. The van der Waals surface area contributed by atoms with E-state index in [4.69, 9.17) is 16.7 Å². The lowest BCUT2D eigenvalue weighted by molar-refractivity contribution is -0.115. The molecular weight excluding hydrogens is 206 g/mol. The van der Waals surface area contributed by atoms with Crippen molar-refractivity contribution in [2.75, 3.05) is 5.88 Å². The van der Waals surface area contributed by atoms with E-state index < -0.39 is 11.9 Å². The normalized spacial score (nSPS) is 8.36. The molecule has 14 heavy (non-hydrogen) atoms. The zero-order valence-electron chi connectivity index (χ0n) is 7.31. The Morgan fingerprint density at radius 2 is 1.71 bits per heavy atom. The Morgan fingerprint density at radius 3 is 1.93 bits per heavy atom. The maximum absolute atomic E-state index is 10.2. The molecule has 0 aromatic heterocycles. The number of aromatic carboxylic acids is 1. The maximum Gasteiger partial charge on any atom is 0.335 e. The second kappa shape index (κ2) is 6.91. The van der Waals surface area contributed by atoms with Gasteiger partial charge < -0.3 is 10.8 Å². The van der Waals surface area contributed by atoms with Crippen LogP contribution in [-0.2, 0) is 4.79 Å². The number of alkyl halides is 1. The molecule has 0 fully saturated rings. The van der Waals surface area contributed by atoms with Gasteiger partial charge in [-0.2, -0.15) is 0 Å². The molecule has 0 saturated carbocycles. The highest BCUT2D eigenvalue weighted by Crippen LogP contribution is 1.96. The summed E-state index contributed by atoms with van der Waals surface area (Å²) in [5, 5.41) is 8.38. The Hall–Kier alpha value is -1.55. The van der Waals surface area contributed by atoms with Gasteiger partial charge in [-0.15, -0.1) is 11.6 Å². The lowest BCUT2D eigenvalue weighted by atomic mass is 10.2. The van der Waals surface area contributed by atoms with Gasteiger partial charge in [-0.3, -0.25) is 4.79 Å². The molecule has 1 aromatic carbocycles. The molecule has 0 aliphatic rings. The summed E-state index contributed by atoms with van der Waals surface area (Å²) < 4.78 is 0. The maximum atomic E-state index is 10.2. The Kier molecular flexibility index (Phi) is 6.15. The molecular formula is C9H10ClNO3. The van der Waals surface area contributed by atoms with Crippen LogP contribution in [0.5, 0.6) is 0 Å². The van der Waals surface area contributed by atoms with Crippen LogP contribution in [0.3, 0.4) is 0 Å². The van der Waals surface area contributed by atoms with E-state index in [9.17, 15) is 9.59 Å². The van der Waals surface area contributed by atoms with Crippen molar-refractivity contribution in [3.05, 3.63) is 35.9 Å². The van der Waals surface area contributed by atoms with Crippen LogP contribution in [0.15, 0.2) is 30.3 Å². The van der Waals surface area contributed by atoms with Crippen molar-refractivity contribution in [2.45, 2.75) is 0 Å². The average Bonchev–Trinajstić information content (AvgIpc) is 2.20. The van der Waals surface area contributed by atoms with Gasteiger partial charge in [-0.05, 0) is 12.1 Å². The van der Waals surface area contributed by atoms with E-state index >= 15 is 0 Å². The zero-order chi connectivity index (χ0) is 11.0. The summed E-state index contributed by atoms with van der Waals surface area (Å²) in [6.45, 7) is 0. The quantitative estimate of drug-likeness (QED) is 0.725. The molecule has 0 atom stereocenters. The van der Waals surface area contributed by atoms with Crippen LogP contribution >= 0.6 is 11.6 Å². The van der Waals surface area contributed by atoms with Crippen LogP contribution in [-0.4, -0.2) is 22.9 Å². The van der Waals surface area contributed by atoms with Crippen LogP contribution < -0.4 is 5.73 Å². The fourth-order valence-electron chi connectivity index (χ4n) is 0.581. The second-order valence-electron chi connectivity index (χ2n) is 2.27. The molecule has 4 nitrogen and oxygen atoms in total. The Bertz CT molecular complexity index is 300. The fourth-order valence-corrected chi connectivity index (χ4v) is 0.581. The SMILES string of the molecule is NC(=O)CCl.O=C(O)c1ccccc1. The first-order valence-corrected chi connectivity index (χ1v) is 4.24. The van der Waals surface area contributed by atoms with E-state index in [2.05, 4.69) is 5.73 Å². The molecule has 0 saturated heterocycles. The van der Waals surface area contributed by atoms with Gasteiger partial charge in [0.05, 0.1) is 5.56 Å². The minimum Gasteiger partial charge on any atom is -0.478 e. The van der Waals surface area contributed by atoms with Crippen molar-refractivity contribution in [1.29, 1.82) is 0 Å². The highest BCUT2D eigenvalue weighted by atomic mass is 35.5. The third-order valence-electron chi connectivity index (χ3n) is 1.15. The molecule has 3 N–H and O–H groups in total. The fraction of sp³-hybridized carbons (Fsp3) is 0.111. The molecule has 1 rings (SSSR count). The highest BCUT2D eigenvalue weighted by Gasteiger charge is 1.96. The summed E-state index contributed by atoms with van der Waals surface area (Å²) in [4.78, 5) is 19.7. The van der Waals surface area contributed by atoms with E-state index in [1.807, 2.05) is 0 Å². The number of benzene rings is 1. The molecule has 0 aliphatic heterocycles. The van der Waals surface area contributed by atoms with Crippen LogP contribution in [0, 0.1) is 0 Å². The van der Waals surface area contributed by atoms with Crippen molar-refractivity contribution in [3.63, 3.8) is 0 Å². The number of hydrogen-bond donors (Lipinski definition) is 2. The molecule has 0 aliphatic carbocycles. The summed E-state index contributed by atoms with van der Waals surface area (Å²) in [5.41, 5.74) is 4.85. The van der Waals surface area contributed by atoms with Gasteiger partial charge >= 0.3 is 5.97 Å². The monoisotopic (exact) mass is 215 g/mol. The number of rotatable bonds is 2. The first kappa shape index (κ1) is 12.4. The van der Waals surface area contributed by atoms with Crippen molar-refractivity contribution in [2.24, 2.45) is 5.73 Å². The molecule has 1 aromatic rings. The number of halogens is 1. The van der Waals surface area contributed by atoms with E-state index in [1.54, 1.807) is 30.3 Å². The van der Waals surface area contributed by atoms with Gasteiger partial charge in [0.2, 0.25) is 5.91 Å². The number of primary amides is 1. The summed E-state index contributed by atoms with van der Waals surface area (Å²) in [6.07, 6.45) is 0. The Balaban J connectivity index is 0.000000292. The number of hydrogen-bond acceptors (Lipinski definition) is 2. The molecule has 0 unspecified atom stereocenters. The average molecular weight is 216 g/mol. The topological polar surface area (TPSA) is 80.4 Å². The number of carboxylic acid groups (broad SMARTS) is 1. The van der Waals surface area contributed by atoms with Crippen LogP contribution in [0.1, 0.15) is 10.4 Å². The van der Waals surface area contributed by atoms with Gasteiger partial charge in [0.25, 0.3) is 0 Å². The number of carbonyl (C=O) groups is 2. The summed E-state index contributed by atoms with van der Waals surface area (Å²) in [7, 11) is 0.